The van der Waals surface area contributed by atoms with Gasteiger partial charge in [-0.1, -0.05) is 6.07 Å². The molecule has 0 saturated heterocycles. The Morgan fingerprint density at radius 1 is 1.24 bits per heavy atom. The van der Waals surface area contributed by atoms with E-state index >= 15 is 0 Å². The van der Waals surface area contributed by atoms with Crippen molar-refractivity contribution in [3.05, 3.63) is 36.5 Å². The van der Waals surface area contributed by atoms with Gasteiger partial charge >= 0.3 is 0 Å². The molecule has 88 valence electrons. The van der Waals surface area contributed by atoms with Crippen LogP contribution in [-0.2, 0) is 0 Å². The van der Waals surface area contributed by atoms with Gasteiger partial charge in [-0.2, -0.15) is 0 Å². The van der Waals surface area contributed by atoms with Crippen molar-refractivity contribution < 1.29 is 4.74 Å². The second kappa shape index (κ2) is 4.34. The first kappa shape index (κ1) is 10.5. The Morgan fingerprint density at radius 2 is 2.18 bits per heavy atom. The van der Waals surface area contributed by atoms with E-state index in [0.717, 1.165) is 35.9 Å². The zero-order valence-corrected chi connectivity index (χ0v) is 9.67. The van der Waals surface area contributed by atoms with Gasteiger partial charge in [0.1, 0.15) is 11.9 Å². The van der Waals surface area contributed by atoms with Crippen molar-refractivity contribution >= 4 is 10.9 Å². The van der Waals surface area contributed by atoms with Crippen molar-refractivity contribution in [3.8, 4) is 5.75 Å². The highest BCUT2D eigenvalue weighted by Crippen LogP contribution is 2.25. The molecular weight excluding hydrogens is 212 g/mol. The minimum Gasteiger partial charge on any atom is -0.490 e. The third-order valence-corrected chi connectivity index (χ3v) is 3.30. The van der Waals surface area contributed by atoms with E-state index < -0.39 is 0 Å². The van der Waals surface area contributed by atoms with Gasteiger partial charge in [-0.25, -0.2) is 0 Å². The summed E-state index contributed by atoms with van der Waals surface area (Å²) in [6, 6.07) is 10.3. The number of hydrogen-bond acceptors (Lipinski definition) is 3. The van der Waals surface area contributed by atoms with E-state index in [4.69, 9.17) is 10.5 Å². The third-order valence-electron chi connectivity index (χ3n) is 3.30. The zero-order chi connectivity index (χ0) is 11.7. The van der Waals surface area contributed by atoms with E-state index in [0.29, 0.717) is 6.04 Å². The van der Waals surface area contributed by atoms with Crippen LogP contribution >= 0.6 is 0 Å². The Morgan fingerprint density at radius 3 is 3.00 bits per heavy atom. The fraction of sp³-hybridized carbons (Fsp3) is 0.357. The molecule has 1 aliphatic rings. The van der Waals surface area contributed by atoms with Crippen LogP contribution in [0.15, 0.2) is 36.5 Å². The highest BCUT2D eigenvalue weighted by Gasteiger charge is 2.23. The van der Waals surface area contributed by atoms with E-state index in [9.17, 15) is 0 Å². The number of rotatable bonds is 2. The van der Waals surface area contributed by atoms with Gasteiger partial charge in [0.2, 0.25) is 0 Å². The van der Waals surface area contributed by atoms with Gasteiger partial charge < -0.3 is 10.5 Å². The maximum Gasteiger partial charge on any atom is 0.120 e. The van der Waals surface area contributed by atoms with Gasteiger partial charge in [0.15, 0.2) is 0 Å². The van der Waals surface area contributed by atoms with Crippen molar-refractivity contribution in [1.29, 1.82) is 0 Å². The SMILES string of the molecule is NC1CCC(Oc2ccc3ncccc3c2)C1. The average molecular weight is 228 g/mol. The highest BCUT2D eigenvalue weighted by molar-refractivity contribution is 5.79. The Balaban J connectivity index is 1.81. The van der Waals surface area contributed by atoms with Crippen molar-refractivity contribution in [2.45, 2.75) is 31.4 Å². The minimum absolute atomic E-state index is 0.277. The number of ether oxygens (including phenoxy) is 1. The fourth-order valence-electron chi connectivity index (χ4n) is 2.40. The van der Waals surface area contributed by atoms with E-state index in [1.165, 1.54) is 0 Å². The van der Waals surface area contributed by atoms with Crippen molar-refractivity contribution in [1.82, 2.24) is 4.98 Å². The van der Waals surface area contributed by atoms with E-state index in [-0.39, 0.29) is 6.10 Å². The first-order valence-electron chi connectivity index (χ1n) is 6.08. The summed E-state index contributed by atoms with van der Waals surface area (Å²) in [4.78, 5) is 4.29. The summed E-state index contributed by atoms with van der Waals surface area (Å²) in [6.45, 7) is 0. The molecule has 3 rings (SSSR count). The van der Waals surface area contributed by atoms with Crippen molar-refractivity contribution in [2.75, 3.05) is 0 Å². The lowest BCUT2D eigenvalue weighted by Gasteiger charge is -2.13. The molecule has 1 aliphatic carbocycles. The molecule has 17 heavy (non-hydrogen) atoms. The molecule has 0 aliphatic heterocycles. The molecule has 3 heteroatoms. The van der Waals surface area contributed by atoms with Gasteiger partial charge in [-0.15, -0.1) is 0 Å². The summed E-state index contributed by atoms with van der Waals surface area (Å²) in [5.74, 6) is 0.921. The van der Waals surface area contributed by atoms with Crippen LogP contribution in [0.25, 0.3) is 10.9 Å². The summed E-state index contributed by atoms with van der Waals surface area (Å²) < 4.78 is 5.95. The molecule has 1 saturated carbocycles. The first-order valence-corrected chi connectivity index (χ1v) is 6.08. The summed E-state index contributed by atoms with van der Waals surface area (Å²) in [5, 5.41) is 1.12. The topological polar surface area (TPSA) is 48.1 Å². The highest BCUT2D eigenvalue weighted by atomic mass is 16.5. The minimum atomic E-state index is 0.277. The van der Waals surface area contributed by atoms with Crippen LogP contribution in [0.4, 0.5) is 0 Å². The van der Waals surface area contributed by atoms with Crippen molar-refractivity contribution in [3.63, 3.8) is 0 Å². The standard InChI is InChI=1S/C14H16N2O/c15-11-3-4-13(9-11)17-12-5-6-14-10(8-12)2-1-7-16-14/h1-2,5-8,11,13H,3-4,9,15H2. The van der Waals surface area contributed by atoms with Crippen LogP contribution in [0, 0.1) is 0 Å². The molecule has 0 bridgehead atoms. The molecule has 0 radical (unpaired) electrons. The summed E-state index contributed by atoms with van der Waals surface area (Å²) >= 11 is 0. The Labute approximate surface area is 101 Å². The Hall–Kier alpha value is -1.61. The Kier molecular flexibility index (Phi) is 2.69. The van der Waals surface area contributed by atoms with Gasteiger partial charge in [0, 0.05) is 17.6 Å². The van der Waals surface area contributed by atoms with Crippen LogP contribution < -0.4 is 10.5 Å². The molecule has 2 aromatic rings. The molecule has 1 aromatic carbocycles. The van der Waals surface area contributed by atoms with Gasteiger partial charge in [-0.05, 0) is 43.5 Å². The summed E-state index contributed by atoms with van der Waals surface area (Å²) in [7, 11) is 0. The summed E-state index contributed by atoms with van der Waals surface area (Å²) in [5.41, 5.74) is 6.88. The maximum absolute atomic E-state index is 5.95. The molecule has 2 atom stereocenters. The molecule has 0 spiro atoms. The molecule has 0 amide bonds. The van der Waals surface area contributed by atoms with E-state index in [1.54, 1.807) is 6.20 Å². The number of nitrogens with zero attached hydrogens (tertiary/aromatic N) is 1. The molecular formula is C14H16N2O. The van der Waals surface area contributed by atoms with Crippen molar-refractivity contribution in [2.24, 2.45) is 5.73 Å². The average Bonchev–Trinajstić information content (AvgIpc) is 2.75. The molecule has 1 fully saturated rings. The first-order chi connectivity index (χ1) is 8.31. The molecule has 2 unspecified atom stereocenters. The zero-order valence-electron chi connectivity index (χ0n) is 9.67. The predicted molar refractivity (Wildman–Crippen MR) is 68.0 cm³/mol. The smallest absolute Gasteiger partial charge is 0.120 e. The number of fused-ring (bicyclic) bond motifs is 1. The number of pyridine rings is 1. The molecule has 1 heterocycles. The third kappa shape index (κ3) is 2.24. The molecule has 2 N–H and O–H groups in total. The van der Waals surface area contributed by atoms with Crippen LogP contribution in [0.2, 0.25) is 0 Å². The number of benzene rings is 1. The predicted octanol–water partition coefficient (Wildman–Crippen LogP) is 2.49. The Bertz CT molecular complexity index is 526. The van der Waals surface area contributed by atoms with Crippen LogP contribution in [-0.4, -0.2) is 17.1 Å². The van der Waals surface area contributed by atoms with Crippen LogP contribution in [0.5, 0.6) is 5.75 Å². The van der Waals surface area contributed by atoms with E-state index in [1.807, 2.05) is 24.3 Å². The number of hydrogen-bond donors (Lipinski definition) is 1. The monoisotopic (exact) mass is 228 g/mol. The fourth-order valence-corrected chi connectivity index (χ4v) is 2.40. The lowest BCUT2D eigenvalue weighted by molar-refractivity contribution is 0.208. The second-order valence-corrected chi connectivity index (χ2v) is 4.67. The largest absolute Gasteiger partial charge is 0.490 e. The summed E-state index contributed by atoms with van der Waals surface area (Å²) in [6.07, 6.45) is 5.18. The van der Waals surface area contributed by atoms with Crippen LogP contribution in [0.1, 0.15) is 19.3 Å². The second-order valence-electron chi connectivity index (χ2n) is 4.67. The molecule has 1 aromatic heterocycles. The van der Waals surface area contributed by atoms with Gasteiger partial charge in [0.25, 0.3) is 0 Å². The lowest BCUT2D eigenvalue weighted by atomic mass is 10.2. The van der Waals surface area contributed by atoms with Gasteiger partial charge in [-0.3, -0.25) is 4.98 Å². The van der Waals surface area contributed by atoms with Crippen LogP contribution in [0.3, 0.4) is 0 Å². The lowest BCUT2D eigenvalue weighted by Crippen LogP contribution is -2.19. The van der Waals surface area contributed by atoms with Gasteiger partial charge in [0.05, 0.1) is 5.52 Å². The number of nitrogens with two attached hydrogens (primary N) is 1. The molecule has 3 nitrogen and oxygen atoms in total. The van der Waals surface area contributed by atoms with E-state index in [2.05, 4.69) is 11.1 Å². The normalized spacial score (nSPS) is 24.1. The number of aromatic nitrogens is 1. The maximum atomic E-state index is 5.95. The quantitative estimate of drug-likeness (QED) is 0.859.